The van der Waals surface area contributed by atoms with Crippen LogP contribution in [0.25, 0.3) is 22.2 Å². The van der Waals surface area contributed by atoms with E-state index in [-0.39, 0.29) is 47.7 Å². The number of carbonyl (C=O) groups is 3. The molecule has 0 unspecified atom stereocenters. The van der Waals surface area contributed by atoms with Gasteiger partial charge in [-0.15, -0.1) is 0 Å². The van der Waals surface area contributed by atoms with Crippen LogP contribution in [-0.2, 0) is 29.6 Å². The molecule has 0 N–H and O–H groups in total. The molecule has 1 aromatic carbocycles. The van der Waals surface area contributed by atoms with Crippen LogP contribution >= 0.6 is 0 Å². The van der Waals surface area contributed by atoms with Crippen LogP contribution in [0.3, 0.4) is 0 Å². The number of Topliss-reactive ketones (excluding diaryl/α,β-unsaturated/α-hetero) is 1. The van der Waals surface area contributed by atoms with Gasteiger partial charge in [0, 0.05) is 75.0 Å². The Morgan fingerprint density at radius 3 is 2.51 bits per heavy atom. The van der Waals surface area contributed by atoms with Gasteiger partial charge in [-0.05, 0) is 36.6 Å². The number of aromatic nitrogens is 5. The van der Waals surface area contributed by atoms with Gasteiger partial charge in [-0.2, -0.15) is 10.2 Å². The third-order valence-electron chi connectivity index (χ3n) is 7.27. The number of fused-ring (bicyclic) bond motifs is 1. The molecule has 39 heavy (non-hydrogen) atoms. The Hall–Kier alpha value is -4.41. The number of carbonyl (C=O) groups excluding carboxylic acids is 3. The molecule has 11 heteroatoms. The van der Waals surface area contributed by atoms with Crippen molar-refractivity contribution >= 4 is 28.5 Å². The molecule has 1 saturated carbocycles. The van der Waals surface area contributed by atoms with Crippen LogP contribution in [0, 0.1) is 11.7 Å². The van der Waals surface area contributed by atoms with Crippen LogP contribution in [0.2, 0.25) is 0 Å². The summed E-state index contributed by atoms with van der Waals surface area (Å²) < 4.78 is 18.1. The highest BCUT2D eigenvalue weighted by Crippen LogP contribution is 2.31. The molecular formula is C28H28FN7O3. The molecule has 2 amide bonds. The molecule has 2 fully saturated rings. The predicted octanol–water partition coefficient (Wildman–Crippen LogP) is 2.48. The summed E-state index contributed by atoms with van der Waals surface area (Å²) in [5, 5.41) is 9.15. The van der Waals surface area contributed by atoms with Gasteiger partial charge in [-0.3, -0.25) is 23.7 Å². The number of ketones is 1. The SMILES string of the molecule is Cn1cc(-c2cccc(C(=O)Cc3cc4cn(CC(=O)N5CCN(C(=O)C6CC6)CC5)nc4cc3F)n2)cn1. The standard InChI is InChI=1S/C28H28FN7O3/c1-33-15-21(14-30-33)23-3-2-4-24(31-23)26(37)12-19-11-20-16-36(32-25(20)13-22(19)29)17-27(38)34-7-9-35(10-8-34)28(39)18-5-6-18/h2-4,11,13-16,18H,5-10,12,17H2,1H3. The minimum atomic E-state index is -0.535. The minimum absolute atomic E-state index is 0.0200. The summed E-state index contributed by atoms with van der Waals surface area (Å²) in [7, 11) is 1.80. The van der Waals surface area contributed by atoms with Gasteiger partial charge in [0.1, 0.15) is 18.1 Å². The molecule has 0 bridgehead atoms. The molecule has 0 radical (unpaired) electrons. The van der Waals surface area contributed by atoms with Crippen LogP contribution in [0.15, 0.2) is 48.9 Å². The maximum Gasteiger partial charge on any atom is 0.244 e. The van der Waals surface area contributed by atoms with Crippen molar-refractivity contribution in [1.82, 2.24) is 34.3 Å². The number of amides is 2. The zero-order valence-electron chi connectivity index (χ0n) is 21.6. The molecule has 4 heterocycles. The van der Waals surface area contributed by atoms with Gasteiger partial charge in [0.05, 0.1) is 17.4 Å². The highest BCUT2D eigenvalue weighted by atomic mass is 19.1. The van der Waals surface area contributed by atoms with Gasteiger partial charge in [0.25, 0.3) is 0 Å². The number of halogens is 1. The monoisotopic (exact) mass is 529 g/mol. The lowest BCUT2D eigenvalue weighted by Gasteiger charge is -2.34. The largest absolute Gasteiger partial charge is 0.339 e. The average Bonchev–Trinajstić information content (AvgIpc) is 3.59. The van der Waals surface area contributed by atoms with E-state index in [1.807, 2.05) is 11.1 Å². The number of pyridine rings is 1. The Kier molecular flexibility index (Phi) is 6.41. The molecular weight excluding hydrogens is 501 g/mol. The van der Waals surface area contributed by atoms with Gasteiger partial charge >= 0.3 is 0 Å². The first-order valence-corrected chi connectivity index (χ1v) is 13.1. The summed E-state index contributed by atoms with van der Waals surface area (Å²) in [6.07, 6.45) is 6.95. The maximum absolute atomic E-state index is 14.9. The summed E-state index contributed by atoms with van der Waals surface area (Å²) in [6, 6.07) is 8.05. The summed E-state index contributed by atoms with van der Waals surface area (Å²) in [5.74, 6) is -0.559. The van der Waals surface area contributed by atoms with Crippen LogP contribution in [0.5, 0.6) is 0 Å². The molecule has 4 aromatic rings. The molecule has 10 nitrogen and oxygen atoms in total. The Bertz CT molecular complexity index is 1580. The molecule has 6 rings (SSSR count). The quantitative estimate of drug-likeness (QED) is 0.341. The molecule has 2 aliphatic rings. The van der Waals surface area contributed by atoms with Crippen molar-refractivity contribution in [3.8, 4) is 11.3 Å². The Balaban J connectivity index is 1.12. The van der Waals surface area contributed by atoms with Crippen molar-refractivity contribution in [2.75, 3.05) is 26.2 Å². The zero-order valence-corrected chi connectivity index (χ0v) is 21.6. The first-order valence-electron chi connectivity index (χ1n) is 13.1. The number of benzene rings is 1. The predicted molar refractivity (Wildman–Crippen MR) is 140 cm³/mol. The molecule has 1 saturated heterocycles. The summed E-state index contributed by atoms with van der Waals surface area (Å²) >= 11 is 0. The van der Waals surface area contributed by atoms with E-state index in [9.17, 15) is 18.8 Å². The van der Waals surface area contributed by atoms with Crippen LogP contribution in [0.4, 0.5) is 4.39 Å². The van der Waals surface area contributed by atoms with Gasteiger partial charge in [0.15, 0.2) is 5.78 Å². The molecule has 0 atom stereocenters. The van der Waals surface area contributed by atoms with Crippen LogP contribution in [0.1, 0.15) is 28.9 Å². The smallest absolute Gasteiger partial charge is 0.244 e. The molecule has 3 aromatic heterocycles. The minimum Gasteiger partial charge on any atom is -0.339 e. The third kappa shape index (κ3) is 5.29. The molecule has 1 aliphatic carbocycles. The van der Waals surface area contributed by atoms with E-state index < -0.39 is 5.82 Å². The van der Waals surface area contributed by atoms with Gasteiger partial charge in [0.2, 0.25) is 11.8 Å². The highest BCUT2D eigenvalue weighted by Gasteiger charge is 2.35. The van der Waals surface area contributed by atoms with E-state index in [1.54, 1.807) is 53.3 Å². The van der Waals surface area contributed by atoms with Crippen LogP contribution < -0.4 is 0 Å². The molecule has 1 aliphatic heterocycles. The topological polar surface area (TPSA) is 106 Å². The number of aryl methyl sites for hydroxylation is 1. The number of nitrogens with zero attached hydrogens (tertiary/aromatic N) is 7. The Morgan fingerprint density at radius 1 is 1.03 bits per heavy atom. The summed E-state index contributed by atoms with van der Waals surface area (Å²) in [4.78, 5) is 46.1. The van der Waals surface area contributed by atoms with Gasteiger partial charge in [-0.1, -0.05) is 6.07 Å². The number of piperazine rings is 1. The Morgan fingerprint density at radius 2 is 1.79 bits per heavy atom. The lowest BCUT2D eigenvalue weighted by molar-refractivity contribution is -0.140. The van der Waals surface area contributed by atoms with E-state index >= 15 is 0 Å². The van der Waals surface area contributed by atoms with E-state index in [4.69, 9.17) is 0 Å². The second kappa shape index (κ2) is 10.0. The number of hydrogen-bond donors (Lipinski definition) is 0. The molecule has 0 spiro atoms. The normalized spacial score (nSPS) is 15.6. The first-order chi connectivity index (χ1) is 18.8. The lowest BCUT2D eigenvalue weighted by atomic mass is 10.0. The van der Waals surface area contributed by atoms with Crippen molar-refractivity contribution in [3.63, 3.8) is 0 Å². The van der Waals surface area contributed by atoms with E-state index in [0.717, 1.165) is 18.4 Å². The first kappa shape index (κ1) is 24.9. The lowest BCUT2D eigenvalue weighted by Crippen LogP contribution is -2.51. The van der Waals surface area contributed by atoms with E-state index in [2.05, 4.69) is 15.2 Å². The number of hydrogen-bond acceptors (Lipinski definition) is 6. The average molecular weight is 530 g/mol. The van der Waals surface area contributed by atoms with E-state index in [0.29, 0.717) is 42.8 Å². The van der Waals surface area contributed by atoms with Crippen molar-refractivity contribution in [2.24, 2.45) is 13.0 Å². The highest BCUT2D eigenvalue weighted by molar-refractivity contribution is 5.96. The maximum atomic E-state index is 14.9. The van der Waals surface area contributed by atoms with Crippen LogP contribution in [-0.4, -0.2) is 78.1 Å². The van der Waals surface area contributed by atoms with E-state index in [1.165, 1.54) is 10.7 Å². The van der Waals surface area contributed by atoms with Crippen molar-refractivity contribution in [1.29, 1.82) is 0 Å². The fourth-order valence-corrected chi connectivity index (χ4v) is 4.93. The second-order valence-electron chi connectivity index (χ2n) is 10.2. The fraction of sp³-hybridized carbons (Fsp3) is 0.357. The van der Waals surface area contributed by atoms with Crippen molar-refractivity contribution in [3.05, 3.63) is 66.0 Å². The third-order valence-corrected chi connectivity index (χ3v) is 7.27. The Labute approximate surface area is 224 Å². The van der Waals surface area contributed by atoms with Crippen molar-refractivity contribution < 1.29 is 18.8 Å². The molecule has 200 valence electrons. The van der Waals surface area contributed by atoms with Gasteiger partial charge < -0.3 is 9.80 Å². The summed E-state index contributed by atoms with van der Waals surface area (Å²) in [5.41, 5.74) is 2.30. The second-order valence-corrected chi connectivity index (χ2v) is 10.2. The van der Waals surface area contributed by atoms with Gasteiger partial charge in [-0.25, -0.2) is 9.37 Å². The zero-order chi connectivity index (χ0) is 27.1. The van der Waals surface area contributed by atoms with Crippen molar-refractivity contribution in [2.45, 2.75) is 25.8 Å². The summed E-state index contributed by atoms with van der Waals surface area (Å²) in [6.45, 7) is 2.10. The fourth-order valence-electron chi connectivity index (χ4n) is 4.93. The number of rotatable bonds is 7.